The quantitative estimate of drug-likeness (QED) is 0.0183. The summed E-state index contributed by atoms with van der Waals surface area (Å²) >= 11 is 0. The van der Waals surface area contributed by atoms with Crippen molar-refractivity contribution in [1.29, 1.82) is 0 Å². The lowest BCUT2D eigenvalue weighted by molar-refractivity contribution is -0.143. The molecule has 0 aromatic carbocycles. The molecule has 0 spiro atoms. The van der Waals surface area contributed by atoms with Crippen LogP contribution in [0.3, 0.4) is 0 Å². The maximum Gasteiger partial charge on any atom is 0.305 e. The third-order valence-corrected chi connectivity index (χ3v) is 12.8. The van der Waals surface area contributed by atoms with E-state index < -0.39 is 139 Å². The molecule has 1 aliphatic carbocycles. The van der Waals surface area contributed by atoms with Gasteiger partial charge in [0.2, 0.25) is 47.3 Å². The molecule has 0 radical (unpaired) electrons. The van der Waals surface area contributed by atoms with Gasteiger partial charge in [0.1, 0.15) is 54.7 Å². The number of carboxylic acid groups (broad SMARTS) is 1. The third-order valence-electron chi connectivity index (χ3n) is 12.8. The van der Waals surface area contributed by atoms with Crippen LogP contribution >= 0.6 is 0 Å². The summed E-state index contributed by atoms with van der Waals surface area (Å²) in [6.45, 7) is 10.9. The average Bonchev–Trinajstić information content (AvgIpc) is 3.80. The molecule has 1 saturated heterocycles. The number of amides is 8. The van der Waals surface area contributed by atoms with Gasteiger partial charge in [-0.25, -0.2) is 0 Å². The molecule has 422 valence electrons. The maximum atomic E-state index is 14.5. The number of aliphatic hydroxyl groups excluding tert-OH is 4. The molecule has 0 aromatic heterocycles. The molecule has 8 amide bonds. The molecular weight excluding hydrogens is 969 g/mol. The van der Waals surface area contributed by atoms with Crippen molar-refractivity contribution in [2.45, 2.75) is 211 Å². The first-order valence-electron chi connectivity index (χ1n) is 25.9. The molecule has 17 N–H and O–H groups in total. The molecule has 7 unspecified atom stereocenters. The van der Waals surface area contributed by atoms with E-state index in [2.05, 4.69) is 37.2 Å². The van der Waals surface area contributed by atoms with E-state index in [0.29, 0.717) is 51.5 Å². The second-order valence-corrected chi connectivity index (χ2v) is 20.5. The smallest absolute Gasteiger partial charge is 0.305 e. The highest BCUT2D eigenvalue weighted by molar-refractivity contribution is 5.98. The van der Waals surface area contributed by atoms with Crippen molar-refractivity contribution >= 4 is 53.2 Å². The van der Waals surface area contributed by atoms with Gasteiger partial charge in [0.15, 0.2) is 6.29 Å². The summed E-state index contributed by atoms with van der Waals surface area (Å²) < 4.78 is 0. The van der Waals surface area contributed by atoms with Crippen molar-refractivity contribution in [3.63, 3.8) is 0 Å². The maximum absolute atomic E-state index is 14.5. The summed E-state index contributed by atoms with van der Waals surface area (Å²) in [5.74, 6) is -8.95. The Kier molecular flexibility index (Phi) is 28.8. The molecule has 0 aromatic rings. The van der Waals surface area contributed by atoms with Crippen molar-refractivity contribution in [2.75, 3.05) is 13.1 Å². The van der Waals surface area contributed by atoms with Gasteiger partial charge in [-0.15, -0.1) is 0 Å². The van der Waals surface area contributed by atoms with E-state index >= 15 is 0 Å². The Morgan fingerprint density at radius 3 is 1.78 bits per heavy atom. The van der Waals surface area contributed by atoms with Crippen LogP contribution in [0.25, 0.3) is 0 Å². The minimum Gasteiger partial charge on any atom is -0.481 e. The molecule has 2 rings (SSSR count). The number of likely N-dealkylation sites (tertiary alicyclic amines) is 1. The minimum absolute atomic E-state index is 0.0299. The Labute approximate surface area is 433 Å². The summed E-state index contributed by atoms with van der Waals surface area (Å²) in [6, 6.07) is -9.62. The van der Waals surface area contributed by atoms with Crippen LogP contribution in [0.1, 0.15) is 144 Å². The zero-order chi connectivity index (χ0) is 55.8. The lowest BCUT2D eigenvalue weighted by Crippen LogP contribution is -2.60. The van der Waals surface area contributed by atoms with Crippen LogP contribution in [0, 0.1) is 17.8 Å². The van der Waals surface area contributed by atoms with Crippen LogP contribution in [-0.2, 0) is 43.2 Å². The number of rotatable bonds is 34. The Bertz CT molecular complexity index is 1900. The predicted octanol–water partition coefficient (Wildman–Crippen LogP) is -2.32. The molecule has 1 aliphatic heterocycles. The molecule has 0 bridgehead atoms. The van der Waals surface area contributed by atoms with Crippen molar-refractivity contribution in [2.24, 2.45) is 29.2 Å². The number of hydrogen-bond acceptors (Lipinski definition) is 16. The summed E-state index contributed by atoms with van der Waals surface area (Å²) in [5.41, 5.74) is 12.0. The largest absolute Gasteiger partial charge is 0.481 e. The van der Waals surface area contributed by atoms with E-state index in [0.717, 1.165) is 5.57 Å². The van der Waals surface area contributed by atoms with Gasteiger partial charge in [0, 0.05) is 18.9 Å². The number of nitrogens with zero attached hydrogens (tertiary/aromatic N) is 1. The topological polar surface area (TPSA) is 414 Å². The van der Waals surface area contributed by atoms with Crippen LogP contribution < -0.4 is 48.7 Å². The van der Waals surface area contributed by atoms with Crippen LogP contribution in [0.5, 0.6) is 0 Å². The molecule has 74 heavy (non-hydrogen) atoms. The number of nitrogens with two attached hydrogens (primary N) is 2. The average molecular weight is 1060 g/mol. The number of aliphatic carboxylic acids is 1. The van der Waals surface area contributed by atoms with Gasteiger partial charge >= 0.3 is 5.97 Å². The number of carbonyl (C=O) groups is 9. The van der Waals surface area contributed by atoms with Crippen LogP contribution in [0.2, 0.25) is 0 Å². The lowest BCUT2D eigenvalue weighted by Gasteiger charge is -2.31. The lowest BCUT2D eigenvalue weighted by atomic mass is 9.92. The predicted molar refractivity (Wildman–Crippen MR) is 269 cm³/mol. The summed E-state index contributed by atoms with van der Waals surface area (Å²) in [4.78, 5) is 123. The monoisotopic (exact) mass is 1050 g/mol. The fraction of sp³-hybridized carbons (Fsp3) is 0.776. The number of primary amides is 1. The number of carboxylic acids is 1. The minimum atomic E-state index is -1.91. The Morgan fingerprint density at radius 1 is 0.662 bits per heavy atom. The first kappa shape index (κ1) is 64.8. The van der Waals surface area contributed by atoms with Gasteiger partial charge in [-0.05, 0) is 109 Å². The Hall–Kier alpha value is -5.31. The summed E-state index contributed by atoms with van der Waals surface area (Å²) in [5, 5.41) is 76.7. The van der Waals surface area contributed by atoms with Gasteiger partial charge in [-0.2, -0.15) is 0 Å². The number of hydrogen-bond donors (Lipinski definition) is 15. The van der Waals surface area contributed by atoms with Gasteiger partial charge < -0.3 is 78.9 Å². The highest BCUT2D eigenvalue weighted by Crippen LogP contribution is 2.24. The molecule has 0 saturated carbocycles. The van der Waals surface area contributed by atoms with E-state index in [-0.39, 0.29) is 63.3 Å². The zero-order valence-electron chi connectivity index (χ0n) is 43.8. The standard InChI is InChI=1S/C49H86N10O15/c1-26(2)22-34(42(51)67)55-44(69)32(17-19-40(63)64)53-47(72)37(25-41(65)66)57-45(70)35(23-27(3)4)58-48(73)38-11-9-21-59(38)49(74)33(16-18-39(50)62)54-46(71)36(24-30-12-14-31(61)15-13-30)56-43(68)28(5)10-7-8-20-52-29(6)60/h12,26-29,31-40,52,60-64H,7-11,13-25,50H2,1-6H3,(H2,51,67)(H,53,72)(H,54,71)(H,55,69)(H,56,68)(H,57,70)(H,58,73)(H,65,66)/t28?,29-,31-,32?,33-,34?,35?,36?,37?,38?,39-/m1/s1. The Balaban J connectivity index is 2.36. The van der Waals surface area contributed by atoms with Crippen molar-refractivity contribution in [3.05, 3.63) is 11.6 Å². The van der Waals surface area contributed by atoms with Crippen molar-refractivity contribution in [3.8, 4) is 0 Å². The van der Waals surface area contributed by atoms with E-state index in [1.807, 2.05) is 6.08 Å². The van der Waals surface area contributed by atoms with E-state index in [1.165, 1.54) is 4.90 Å². The zero-order valence-corrected chi connectivity index (χ0v) is 43.8. The first-order chi connectivity index (χ1) is 34.7. The first-order valence-corrected chi connectivity index (χ1v) is 25.9. The van der Waals surface area contributed by atoms with Crippen molar-refractivity contribution in [1.82, 2.24) is 42.1 Å². The van der Waals surface area contributed by atoms with Crippen LogP contribution in [0.15, 0.2) is 11.6 Å². The highest BCUT2D eigenvalue weighted by Gasteiger charge is 2.41. The highest BCUT2D eigenvalue weighted by atomic mass is 16.5. The van der Waals surface area contributed by atoms with E-state index in [1.54, 1.807) is 41.5 Å². The summed E-state index contributed by atoms with van der Waals surface area (Å²) in [7, 11) is 0. The van der Waals surface area contributed by atoms with Crippen LogP contribution in [0.4, 0.5) is 0 Å². The summed E-state index contributed by atoms with van der Waals surface area (Å²) in [6.07, 6.45) is -1.05. The van der Waals surface area contributed by atoms with Gasteiger partial charge in [0.25, 0.3) is 0 Å². The Morgan fingerprint density at radius 2 is 1.22 bits per heavy atom. The second-order valence-electron chi connectivity index (χ2n) is 20.5. The molecule has 1 fully saturated rings. The molecular formula is C49H86N10O15. The second kappa shape index (κ2) is 32.9. The number of carbonyl (C=O) groups excluding carboxylic acids is 8. The molecule has 1 heterocycles. The van der Waals surface area contributed by atoms with E-state index in [9.17, 15) is 73.8 Å². The fourth-order valence-electron chi connectivity index (χ4n) is 8.71. The normalized spacial score (nSPS) is 19.4. The SMILES string of the molecule is CC(C)CC(NC(=O)C(CCC(O)O)NC(=O)C(CC(=O)O)NC(=O)C(CC(C)C)NC(=O)C1CCCN1C(=O)[C@@H](CC[C@H](N)O)NC(=O)C(CC1=CC[C@@H](O)CC1)NC(=O)C(C)CCCCN[C@@H](C)O)C(N)=O. The fourth-order valence-corrected chi connectivity index (χ4v) is 8.71. The van der Waals surface area contributed by atoms with Gasteiger partial charge in [-0.1, -0.05) is 52.7 Å². The van der Waals surface area contributed by atoms with Crippen molar-refractivity contribution < 1.29 is 73.8 Å². The molecule has 11 atom stereocenters. The third kappa shape index (κ3) is 24.4. The van der Waals surface area contributed by atoms with Gasteiger partial charge in [0.05, 0.1) is 12.5 Å². The van der Waals surface area contributed by atoms with E-state index in [4.69, 9.17) is 11.5 Å². The van der Waals surface area contributed by atoms with Crippen LogP contribution in [-0.4, -0.2) is 169 Å². The van der Waals surface area contributed by atoms with Gasteiger partial charge in [-0.3, -0.25) is 48.5 Å². The number of aliphatic hydroxyl groups is 5. The molecule has 25 nitrogen and oxygen atoms in total. The number of unbranched alkanes of at least 4 members (excludes halogenated alkanes) is 1. The molecule has 25 heteroatoms. The molecule has 2 aliphatic rings. The number of nitrogens with one attached hydrogen (secondary N) is 7.